The maximum Gasteiger partial charge on any atom is 0.126 e. The van der Waals surface area contributed by atoms with Gasteiger partial charge in [0, 0.05) is 6.61 Å². The molecule has 0 bridgehead atoms. The van der Waals surface area contributed by atoms with Crippen LogP contribution in [0.4, 0.5) is 4.39 Å². The van der Waals surface area contributed by atoms with Gasteiger partial charge < -0.3 is 4.74 Å². The molecule has 0 unspecified atom stereocenters. The molecule has 1 rings (SSSR count). The summed E-state index contributed by atoms with van der Waals surface area (Å²) in [4.78, 5) is 0. The van der Waals surface area contributed by atoms with E-state index in [9.17, 15) is 4.39 Å². The molecule has 2 atom stereocenters. The van der Waals surface area contributed by atoms with E-state index < -0.39 is 6.17 Å². The van der Waals surface area contributed by atoms with E-state index in [1.165, 1.54) is 0 Å². The maximum atomic E-state index is 12.9. The highest BCUT2D eigenvalue weighted by molar-refractivity contribution is 4.74. The van der Waals surface area contributed by atoms with Crippen molar-refractivity contribution in [3.8, 4) is 0 Å². The molecular formula is C8H15FO. The van der Waals surface area contributed by atoms with Crippen molar-refractivity contribution in [2.75, 3.05) is 6.61 Å². The molecule has 1 fully saturated rings. The molecule has 0 radical (unpaired) electrons. The zero-order chi connectivity index (χ0) is 7.40. The van der Waals surface area contributed by atoms with Gasteiger partial charge in [-0.15, -0.1) is 0 Å². The molecule has 1 aliphatic rings. The molecule has 0 saturated heterocycles. The Morgan fingerprint density at radius 3 is 2.70 bits per heavy atom. The van der Waals surface area contributed by atoms with Crippen LogP contribution in [0.5, 0.6) is 0 Å². The van der Waals surface area contributed by atoms with E-state index in [1.54, 1.807) is 0 Å². The van der Waals surface area contributed by atoms with Crippen LogP contribution in [0.1, 0.15) is 32.6 Å². The molecular weight excluding hydrogens is 131 g/mol. The van der Waals surface area contributed by atoms with Gasteiger partial charge in [-0.3, -0.25) is 0 Å². The first-order valence-corrected chi connectivity index (χ1v) is 4.10. The number of ether oxygens (including phenoxy) is 1. The van der Waals surface area contributed by atoms with Gasteiger partial charge in [0.2, 0.25) is 0 Å². The first-order valence-electron chi connectivity index (χ1n) is 4.10. The highest BCUT2D eigenvalue weighted by Crippen LogP contribution is 2.23. The summed E-state index contributed by atoms with van der Waals surface area (Å²) < 4.78 is 18.1. The standard InChI is InChI=1S/C8H15FO/c1-2-10-8-6-4-3-5-7(8)9/h7-8H,2-6H2,1H3/t7-,8+/m1/s1. The molecule has 1 nitrogen and oxygen atoms in total. The van der Waals surface area contributed by atoms with E-state index in [0.717, 1.165) is 19.3 Å². The van der Waals surface area contributed by atoms with E-state index in [0.29, 0.717) is 13.0 Å². The van der Waals surface area contributed by atoms with Crippen molar-refractivity contribution < 1.29 is 9.13 Å². The van der Waals surface area contributed by atoms with Crippen molar-refractivity contribution in [1.29, 1.82) is 0 Å². The minimum atomic E-state index is -0.700. The van der Waals surface area contributed by atoms with Crippen molar-refractivity contribution in [2.24, 2.45) is 0 Å². The highest BCUT2D eigenvalue weighted by Gasteiger charge is 2.24. The Bertz CT molecular complexity index is 93.3. The molecule has 2 heteroatoms. The SMILES string of the molecule is CCO[C@H]1CCCC[C@H]1F. The molecule has 0 heterocycles. The maximum absolute atomic E-state index is 12.9. The Balaban J connectivity index is 2.25. The Kier molecular flexibility index (Phi) is 3.13. The fourth-order valence-electron chi connectivity index (χ4n) is 1.45. The van der Waals surface area contributed by atoms with Gasteiger partial charge in [0.1, 0.15) is 6.17 Å². The molecule has 1 saturated carbocycles. The first-order chi connectivity index (χ1) is 4.84. The quantitative estimate of drug-likeness (QED) is 0.581. The molecule has 1 aliphatic carbocycles. The van der Waals surface area contributed by atoms with Crippen LogP contribution in [0.3, 0.4) is 0 Å². The van der Waals surface area contributed by atoms with Crippen molar-refractivity contribution in [3.63, 3.8) is 0 Å². The number of rotatable bonds is 2. The lowest BCUT2D eigenvalue weighted by molar-refractivity contribution is -0.0184. The van der Waals surface area contributed by atoms with Gasteiger partial charge in [0.05, 0.1) is 6.10 Å². The van der Waals surface area contributed by atoms with Gasteiger partial charge in [0.25, 0.3) is 0 Å². The summed E-state index contributed by atoms with van der Waals surface area (Å²) >= 11 is 0. The van der Waals surface area contributed by atoms with Crippen LogP contribution in [0, 0.1) is 0 Å². The largest absolute Gasteiger partial charge is 0.375 e. The zero-order valence-corrected chi connectivity index (χ0v) is 6.48. The molecule has 60 valence electrons. The molecule has 0 amide bonds. The average Bonchev–Trinajstić information content (AvgIpc) is 1.94. The van der Waals surface area contributed by atoms with Crippen LogP contribution in [0.15, 0.2) is 0 Å². The van der Waals surface area contributed by atoms with Crippen LogP contribution < -0.4 is 0 Å². The van der Waals surface area contributed by atoms with Crippen LogP contribution in [0.2, 0.25) is 0 Å². The molecule has 0 aliphatic heterocycles. The van der Waals surface area contributed by atoms with Gasteiger partial charge in [0.15, 0.2) is 0 Å². The summed E-state index contributed by atoms with van der Waals surface area (Å²) in [6, 6.07) is 0. The lowest BCUT2D eigenvalue weighted by atomic mass is 9.96. The van der Waals surface area contributed by atoms with E-state index in [1.807, 2.05) is 6.92 Å². The summed E-state index contributed by atoms with van der Waals surface area (Å²) in [5.74, 6) is 0. The van der Waals surface area contributed by atoms with Gasteiger partial charge in [-0.05, 0) is 19.8 Å². The summed E-state index contributed by atoms with van der Waals surface area (Å²) in [6.45, 7) is 2.56. The Hall–Kier alpha value is -0.110. The first kappa shape index (κ1) is 7.99. The van der Waals surface area contributed by atoms with E-state index in [-0.39, 0.29) is 6.10 Å². The second-order valence-corrected chi connectivity index (χ2v) is 2.79. The van der Waals surface area contributed by atoms with E-state index in [2.05, 4.69) is 0 Å². The smallest absolute Gasteiger partial charge is 0.126 e. The second kappa shape index (κ2) is 3.91. The van der Waals surface area contributed by atoms with Gasteiger partial charge in [-0.25, -0.2) is 4.39 Å². The number of alkyl halides is 1. The number of halogens is 1. The minimum Gasteiger partial charge on any atom is -0.375 e. The molecule has 0 aromatic heterocycles. The average molecular weight is 146 g/mol. The normalized spacial score (nSPS) is 34.2. The van der Waals surface area contributed by atoms with Crippen molar-refractivity contribution in [3.05, 3.63) is 0 Å². The van der Waals surface area contributed by atoms with Gasteiger partial charge in [-0.2, -0.15) is 0 Å². The van der Waals surface area contributed by atoms with E-state index >= 15 is 0 Å². The fourth-order valence-corrected chi connectivity index (χ4v) is 1.45. The summed E-state index contributed by atoms with van der Waals surface area (Å²) in [5.41, 5.74) is 0. The molecule has 10 heavy (non-hydrogen) atoms. The Morgan fingerprint density at radius 2 is 2.10 bits per heavy atom. The predicted molar refractivity (Wildman–Crippen MR) is 38.8 cm³/mol. The van der Waals surface area contributed by atoms with Crippen molar-refractivity contribution in [1.82, 2.24) is 0 Å². The summed E-state index contributed by atoms with van der Waals surface area (Å²) in [7, 11) is 0. The Morgan fingerprint density at radius 1 is 1.40 bits per heavy atom. The zero-order valence-electron chi connectivity index (χ0n) is 6.48. The third kappa shape index (κ3) is 1.94. The third-order valence-electron chi connectivity index (χ3n) is 2.00. The summed E-state index contributed by atoms with van der Waals surface area (Å²) in [5, 5.41) is 0. The van der Waals surface area contributed by atoms with Crippen LogP contribution in [-0.2, 0) is 4.74 Å². The van der Waals surface area contributed by atoms with E-state index in [4.69, 9.17) is 4.74 Å². The molecule has 0 aromatic rings. The topological polar surface area (TPSA) is 9.23 Å². The third-order valence-corrected chi connectivity index (χ3v) is 2.00. The second-order valence-electron chi connectivity index (χ2n) is 2.79. The van der Waals surface area contributed by atoms with Gasteiger partial charge >= 0.3 is 0 Å². The van der Waals surface area contributed by atoms with Crippen LogP contribution >= 0.6 is 0 Å². The van der Waals surface area contributed by atoms with Gasteiger partial charge in [-0.1, -0.05) is 12.8 Å². The molecule has 0 aromatic carbocycles. The number of hydrogen-bond donors (Lipinski definition) is 0. The predicted octanol–water partition coefficient (Wildman–Crippen LogP) is 2.30. The Labute approximate surface area is 61.6 Å². The monoisotopic (exact) mass is 146 g/mol. The number of hydrogen-bond acceptors (Lipinski definition) is 1. The summed E-state index contributed by atoms with van der Waals surface area (Å²) in [6.07, 6.45) is 2.97. The lowest BCUT2D eigenvalue weighted by Gasteiger charge is -2.25. The fraction of sp³-hybridized carbons (Fsp3) is 1.00. The van der Waals surface area contributed by atoms with Crippen molar-refractivity contribution >= 4 is 0 Å². The minimum absolute atomic E-state index is 0.0984. The van der Waals surface area contributed by atoms with Crippen molar-refractivity contribution in [2.45, 2.75) is 44.9 Å². The molecule has 0 N–H and O–H groups in total. The van der Waals surface area contributed by atoms with Crippen LogP contribution in [-0.4, -0.2) is 18.9 Å². The lowest BCUT2D eigenvalue weighted by Crippen LogP contribution is -2.28. The van der Waals surface area contributed by atoms with Crippen LogP contribution in [0.25, 0.3) is 0 Å². The highest BCUT2D eigenvalue weighted by atomic mass is 19.1. The molecule has 0 spiro atoms.